The van der Waals surface area contributed by atoms with Crippen LogP contribution in [0.5, 0.6) is 5.75 Å². The van der Waals surface area contributed by atoms with E-state index >= 15 is 0 Å². The molecule has 0 fully saturated rings. The number of nitrogens with one attached hydrogen (secondary N) is 2. The molecule has 0 saturated heterocycles. The van der Waals surface area contributed by atoms with Crippen LogP contribution in [0.1, 0.15) is 16.8 Å². The largest absolute Gasteiger partial charge is 0.494 e. The van der Waals surface area contributed by atoms with Gasteiger partial charge in [0, 0.05) is 29.5 Å². The smallest absolute Gasteiger partial charge is 0.251 e. The summed E-state index contributed by atoms with van der Waals surface area (Å²) in [6, 6.07) is 13.3. The number of ether oxygens (including phenoxy) is 1. The Morgan fingerprint density at radius 3 is 2.68 bits per heavy atom. The number of halogens is 1. The highest BCUT2D eigenvalue weighted by molar-refractivity contribution is 7.14. The SMILES string of the molecule is COc1ccc(-c2csc(NC(=O)CCNC(=O)c3ccccc3)n2)cc1F. The van der Waals surface area contributed by atoms with E-state index in [9.17, 15) is 14.0 Å². The van der Waals surface area contributed by atoms with E-state index in [0.29, 0.717) is 22.0 Å². The van der Waals surface area contributed by atoms with E-state index in [1.165, 1.54) is 30.6 Å². The molecule has 1 aromatic heterocycles. The molecule has 6 nitrogen and oxygen atoms in total. The first-order valence-corrected chi connectivity index (χ1v) is 9.37. The summed E-state index contributed by atoms with van der Waals surface area (Å²) in [5, 5.41) is 7.51. The number of carbonyl (C=O) groups excluding carboxylic acids is 2. The number of anilines is 1. The van der Waals surface area contributed by atoms with Crippen molar-refractivity contribution in [3.63, 3.8) is 0 Å². The van der Waals surface area contributed by atoms with Crippen molar-refractivity contribution >= 4 is 28.3 Å². The van der Waals surface area contributed by atoms with Gasteiger partial charge in [-0.2, -0.15) is 0 Å². The average Bonchev–Trinajstić information content (AvgIpc) is 3.17. The Labute approximate surface area is 165 Å². The molecular weight excluding hydrogens is 381 g/mol. The number of carbonyl (C=O) groups is 2. The van der Waals surface area contributed by atoms with Gasteiger partial charge < -0.3 is 15.4 Å². The van der Waals surface area contributed by atoms with Gasteiger partial charge in [-0.3, -0.25) is 9.59 Å². The van der Waals surface area contributed by atoms with Crippen LogP contribution in [0.4, 0.5) is 9.52 Å². The van der Waals surface area contributed by atoms with E-state index < -0.39 is 5.82 Å². The molecule has 0 aliphatic carbocycles. The molecule has 28 heavy (non-hydrogen) atoms. The van der Waals surface area contributed by atoms with Crippen molar-refractivity contribution < 1.29 is 18.7 Å². The van der Waals surface area contributed by atoms with E-state index in [1.807, 2.05) is 6.07 Å². The van der Waals surface area contributed by atoms with E-state index in [4.69, 9.17) is 4.74 Å². The third-order valence-electron chi connectivity index (χ3n) is 3.87. The van der Waals surface area contributed by atoms with Gasteiger partial charge in [-0.05, 0) is 30.3 Å². The second-order valence-electron chi connectivity index (χ2n) is 5.81. The van der Waals surface area contributed by atoms with Crippen LogP contribution in [0.2, 0.25) is 0 Å². The number of nitrogens with zero attached hydrogens (tertiary/aromatic N) is 1. The van der Waals surface area contributed by atoms with Crippen molar-refractivity contribution in [3.8, 4) is 17.0 Å². The third kappa shape index (κ3) is 4.92. The summed E-state index contributed by atoms with van der Waals surface area (Å²) in [5.41, 5.74) is 1.68. The molecule has 3 rings (SSSR count). The zero-order chi connectivity index (χ0) is 19.9. The predicted octanol–water partition coefficient (Wildman–Crippen LogP) is 3.72. The number of rotatable bonds is 7. The highest BCUT2D eigenvalue weighted by Gasteiger charge is 2.11. The average molecular weight is 399 g/mol. The van der Waals surface area contributed by atoms with Gasteiger partial charge in [-0.15, -0.1) is 11.3 Å². The number of aromatic nitrogens is 1. The molecule has 144 valence electrons. The summed E-state index contributed by atoms with van der Waals surface area (Å²) in [7, 11) is 1.40. The van der Waals surface area contributed by atoms with Crippen LogP contribution in [-0.4, -0.2) is 30.5 Å². The molecule has 2 N–H and O–H groups in total. The Hall–Kier alpha value is -3.26. The maximum Gasteiger partial charge on any atom is 0.251 e. The second kappa shape index (κ2) is 9.09. The van der Waals surface area contributed by atoms with Crippen LogP contribution < -0.4 is 15.4 Å². The summed E-state index contributed by atoms with van der Waals surface area (Å²) in [5.74, 6) is -0.820. The number of hydrogen-bond acceptors (Lipinski definition) is 5. The fourth-order valence-corrected chi connectivity index (χ4v) is 3.19. The Morgan fingerprint density at radius 2 is 1.96 bits per heavy atom. The molecular formula is C20H18FN3O3S. The number of benzene rings is 2. The van der Waals surface area contributed by atoms with Gasteiger partial charge >= 0.3 is 0 Å². The molecule has 0 aliphatic heterocycles. The number of methoxy groups -OCH3 is 1. The van der Waals surface area contributed by atoms with Gasteiger partial charge in [0.1, 0.15) is 0 Å². The van der Waals surface area contributed by atoms with E-state index in [0.717, 1.165) is 0 Å². The van der Waals surface area contributed by atoms with Gasteiger partial charge in [-0.1, -0.05) is 18.2 Å². The summed E-state index contributed by atoms with van der Waals surface area (Å²) >= 11 is 1.24. The van der Waals surface area contributed by atoms with Crippen LogP contribution in [0.15, 0.2) is 53.9 Å². The lowest BCUT2D eigenvalue weighted by molar-refractivity contribution is -0.116. The first-order chi connectivity index (χ1) is 13.6. The van der Waals surface area contributed by atoms with Crippen LogP contribution in [0.3, 0.4) is 0 Å². The van der Waals surface area contributed by atoms with Crippen molar-refractivity contribution in [3.05, 3.63) is 65.3 Å². The first-order valence-electron chi connectivity index (χ1n) is 8.49. The molecule has 0 spiro atoms. The normalized spacial score (nSPS) is 10.4. The molecule has 0 unspecified atom stereocenters. The van der Waals surface area contributed by atoms with Crippen molar-refractivity contribution in [2.75, 3.05) is 19.0 Å². The Balaban J connectivity index is 1.51. The molecule has 0 saturated carbocycles. The monoisotopic (exact) mass is 399 g/mol. The predicted molar refractivity (Wildman–Crippen MR) is 106 cm³/mol. The van der Waals surface area contributed by atoms with Gasteiger partial charge in [0.2, 0.25) is 5.91 Å². The quantitative estimate of drug-likeness (QED) is 0.635. The number of amides is 2. The molecule has 8 heteroatoms. The van der Waals surface area contributed by atoms with Crippen molar-refractivity contribution in [2.45, 2.75) is 6.42 Å². The topological polar surface area (TPSA) is 80.3 Å². The minimum Gasteiger partial charge on any atom is -0.494 e. The van der Waals surface area contributed by atoms with Crippen LogP contribution >= 0.6 is 11.3 Å². The van der Waals surface area contributed by atoms with Crippen molar-refractivity contribution in [1.29, 1.82) is 0 Å². The van der Waals surface area contributed by atoms with Crippen LogP contribution in [0, 0.1) is 5.82 Å². The highest BCUT2D eigenvalue weighted by Crippen LogP contribution is 2.28. The molecule has 0 bridgehead atoms. The first kappa shape index (κ1) is 19.5. The maximum atomic E-state index is 13.8. The lowest BCUT2D eigenvalue weighted by Crippen LogP contribution is -2.27. The number of hydrogen-bond donors (Lipinski definition) is 2. The molecule has 0 aliphatic rings. The maximum absolute atomic E-state index is 13.8. The molecule has 1 heterocycles. The van der Waals surface area contributed by atoms with Gasteiger partial charge in [0.15, 0.2) is 16.7 Å². The summed E-state index contributed by atoms with van der Waals surface area (Å²) in [6.07, 6.45) is 0.116. The molecule has 2 aromatic carbocycles. The van der Waals surface area contributed by atoms with Gasteiger partial charge in [0.05, 0.1) is 12.8 Å². The zero-order valence-corrected chi connectivity index (χ0v) is 15.9. The lowest BCUT2D eigenvalue weighted by Gasteiger charge is -2.05. The third-order valence-corrected chi connectivity index (χ3v) is 4.63. The van der Waals surface area contributed by atoms with E-state index in [2.05, 4.69) is 15.6 Å². The lowest BCUT2D eigenvalue weighted by atomic mass is 10.1. The second-order valence-corrected chi connectivity index (χ2v) is 6.67. The minimum absolute atomic E-state index is 0.116. The summed E-state index contributed by atoms with van der Waals surface area (Å²) < 4.78 is 18.7. The van der Waals surface area contributed by atoms with E-state index in [-0.39, 0.29) is 30.5 Å². The Kier molecular flexibility index (Phi) is 6.33. The zero-order valence-electron chi connectivity index (χ0n) is 15.1. The van der Waals surface area contributed by atoms with Crippen molar-refractivity contribution in [1.82, 2.24) is 10.3 Å². The molecule has 2 amide bonds. The highest BCUT2D eigenvalue weighted by atomic mass is 32.1. The fraction of sp³-hybridized carbons (Fsp3) is 0.150. The minimum atomic E-state index is -0.479. The number of thiazole rings is 1. The fourth-order valence-electron chi connectivity index (χ4n) is 2.45. The van der Waals surface area contributed by atoms with E-state index in [1.54, 1.807) is 35.7 Å². The Bertz CT molecular complexity index is 976. The van der Waals surface area contributed by atoms with Crippen LogP contribution in [-0.2, 0) is 4.79 Å². The van der Waals surface area contributed by atoms with Gasteiger partial charge in [0.25, 0.3) is 5.91 Å². The molecule has 3 aromatic rings. The van der Waals surface area contributed by atoms with Crippen molar-refractivity contribution in [2.24, 2.45) is 0 Å². The van der Waals surface area contributed by atoms with Crippen LogP contribution in [0.25, 0.3) is 11.3 Å². The molecule has 0 radical (unpaired) electrons. The molecule has 0 atom stereocenters. The van der Waals surface area contributed by atoms with Gasteiger partial charge in [-0.25, -0.2) is 9.37 Å². The Morgan fingerprint density at radius 1 is 1.18 bits per heavy atom. The summed E-state index contributed by atoms with van der Waals surface area (Å²) in [4.78, 5) is 28.3. The summed E-state index contributed by atoms with van der Waals surface area (Å²) in [6.45, 7) is 0.210. The standard InChI is InChI=1S/C20H18FN3O3S/c1-27-17-8-7-14(11-15(17)21)16-12-28-20(23-16)24-18(25)9-10-22-19(26)13-5-3-2-4-6-13/h2-8,11-12H,9-10H2,1H3,(H,22,26)(H,23,24,25).